The zero-order valence-electron chi connectivity index (χ0n) is 9.29. The normalized spacial score (nSPS) is 11.3. The molecule has 0 aromatic carbocycles. The van der Waals surface area contributed by atoms with Gasteiger partial charge in [-0.1, -0.05) is 20.3 Å². The van der Waals surface area contributed by atoms with Crippen LogP contribution in [-0.2, 0) is 6.42 Å². The van der Waals surface area contributed by atoms with Crippen LogP contribution in [0.1, 0.15) is 45.4 Å². The highest BCUT2D eigenvalue weighted by atomic mass is 15.0. The van der Waals surface area contributed by atoms with Gasteiger partial charge in [-0.15, -0.1) is 0 Å². The number of nitrogens with one attached hydrogen (secondary N) is 1. The van der Waals surface area contributed by atoms with Crippen LogP contribution >= 0.6 is 0 Å². The van der Waals surface area contributed by atoms with Crippen LogP contribution < -0.4 is 4.57 Å². The van der Waals surface area contributed by atoms with Crippen molar-refractivity contribution in [2.75, 3.05) is 0 Å². The van der Waals surface area contributed by atoms with E-state index in [2.05, 4.69) is 41.9 Å². The van der Waals surface area contributed by atoms with E-state index in [1.807, 2.05) is 6.20 Å². The third-order valence-corrected chi connectivity index (χ3v) is 2.27. The van der Waals surface area contributed by atoms with Gasteiger partial charge in [0.05, 0.1) is 6.20 Å². The van der Waals surface area contributed by atoms with Gasteiger partial charge in [0.15, 0.2) is 0 Å². The number of aryl methyl sites for hydroxylation is 1. The molecular weight excluding hydrogens is 172 g/mol. The van der Waals surface area contributed by atoms with E-state index in [1.165, 1.54) is 31.5 Å². The van der Waals surface area contributed by atoms with Crippen LogP contribution in [0, 0.1) is 0 Å². The lowest BCUT2D eigenvalue weighted by Crippen LogP contribution is -2.28. The fourth-order valence-electron chi connectivity index (χ4n) is 1.47. The molecular formula is C12H21N2+. The Hall–Kier alpha value is -1.05. The summed E-state index contributed by atoms with van der Waals surface area (Å²) in [5.41, 5.74) is 0. The summed E-state index contributed by atoms with van der Waals surface area (Å²) in [6, 6.07) is 0. The second-order valence-electron chi connectivity index (χ2n) is 3.59. The monoisotopic (exact) mass is 193 g/mol. The zero-order valence-corrected chi connectivity index (χ0v) is 9.29. The number of nitrogens with zero attached hydrogens (tertiary/aromatic N) is 1. The number of unbranched alkanes of at least 4 members (excludes halogenated alkanes) is 2. The first-order valence-corrected chi connectivity index (χ1v) is 5.62. The van der Waals surface area contributed by atoms with E-state index in [4.69, 9.17) is 0 Å². The van der Waals surface area contributed by atoms with E-state index in [9.17, 15) is 0 Å². The molecule has 1 rings (SSSR count). The highest BCUT2D eigenvalue weighted by Gasteiger charge is 2.05. The minimum atomic E-state index is 1.12. The van der Waals surface area contributed by atoms with E-state index >= 15 is 0 Å². The lowest BCUT2D eigenvalue weighted by atomic mass is 10.2. The lowest BCUT2D eigenvalue weighted by molar-refractivity contribution is -0.576. The maximum absolute atomic E-state index is 3.26. The van der Waals surface area contributed by atoms with Crippen molar-refractivity contribution in [3.8, 4) is 0 Å². The van der Waals surface area contributed by atoms with Gasteiger partial charge in [0.25, 0.3) is 5.82 Å². The number of hydrogen-bond acceptors (Lipinski definition) is 0. The average molecular weight is 193 g/mol. The van der Waals surface area contributed by atoms with Crippen molar-refractivity contribution >= 4 is 6.20 Å². The molecule has 0 aliphatic rings. The predicted octanol–water partition coefficient (Wildman–Crippen LogP) is 2.92. The first-order chi connectivity index (χ1) is 6.88. The van der Waals surface area contributed by atoms with Gasteiger partial charge in [-0.3, -0.25) is 0 Å². The zero-order chi connectivity index (χ0) is 10.2. The molecule has 1 aromatic heterocycles. The molecule has 1 N–H and O–H groups in total. The molecule has 14 heavy (non-hydrogen) atoms. The summed E-state index contributed by atoms with van der Waals surface area (Å²) in [6.45, 7) is 4.42. The first kappa shape index (κ1) is 11.0. The fraction of sp³-hybridized carbons (Fsp3) is 0.583. The molecule has 0 amide bonds. The van der Waals surface area contributed by atoms with Crippen molar-refractivity contribution in [3.05, 3.63) is 24.3 Å². The number of aromatic amines is 1. The molecule has 0 spiro atoms. The van der Waals surface area contributed by atoms with E-state index < -0.39 is 0 Å². The van der Waals surface area contributed by atoms with Gasteiger partial charge in [0.1, 0.15) is 12.4 Å². The lowest BCUT2D eigenvalue weighted by Gasteiger charge is -1.92. The Morgan fingerprint density at radius 3 is 2.93 bits per heavy atom. The number of allylic oxidation sites excluding steroid dienone is 1. The van der Waals surface area contributed by atoms with Crippen molar-refractivity contribution in [3.63, 3.8) is 0 Å². The Labute approximate surface area is 86.7 Å². The molecule has 0 radical (unpaired) electrons. The summed E-state index contributed by atoms with van der Waals surface area (Å²) in [6.07, 6.45) is 14.5. The molecule has 0 aliphatic heterocycles. The molecule has 0 bridgehead atoms. The van der Waals surface area contributed by atoms with Gasteiger partial charge in [-0.05, 0) is 25.3 Å². The van der Waals surface area contributed by atoms with Crippen molar-refractivity contribution in [2.24, 2.45) is 0 Å². The summed E-state index contributed by atoms with van der Waals surface area (Å²) in [5.74, 6) is 1.29. The molecule has 2 heteroatoms. The molecule has 78 valence electrons. The standard InChI is InChI=1S/C12H20N2/c1-3-5-6-7-10-14-11-9-13-12(14)8-4-2/h7,9-11H,3-6,8H2,1-2H3/p+1. The van der Waals surface area contributed by atoms with Crippen LogP contribution in [0.2, 0.25) is 0 Å². The topological polar surface area (TPSA) is 19.7 Å². The highest BCUT2D eigenvalue weighted by Crippen LogP contribution is 1.96. The first-order valence-electron chi connectivity index (χ1n) is 5.62. The molecule has 0 atom stereocenters. The van der Waals surface area contributed by atoms with Gasteiger partial charge in [0.2, 0.25) is 0 Å². The third-order valence-electron chi connectivity index (χ3n) is 2.27. The maximum Gasteiger partial charge on any atom is 0.258 e. The maximum atomic E-state index is 3.26. The van der Waals surface area contributed by atoms with Crippen molar-refractivity contribution in [2.45, 2.75) is 46.0 Å². The Balaban J connectivity index is 2.48. The minimum absolute atomic E-state index is 1.12. The van der Waals surface area contributed by atoms with Crippen LogP contribution in [0.3, 0.4) is 0 Å². The predicted molar refractivity (Wildman–Crippen MR) is 59.8 cm³/mol. The SMILES string of the molecule is CCCCC=C[n+]1cc[nH]c1CCC. The van der Waals surface area contributed by atoms with Crippen LogP contribution in [0.25, 0.3) is 6.20 Å². The minimum Gasteiger partial charge on any atom is -0.247 e. The molecule has 2 nitrogen and oxygen atoms in total. The summed E-state index contributed by atoms with van der Waals surface area (Å²) in [7, 11) is 0. The Morgan fingerprint density at radius 1 is 1.36 bits per heavy atom. The van der Waals surface area contributed by atoms with Crippen LogP contribution in [0.5, 0.6) is 0 Å². The Bertz CT molecular complexity index is 274. The van der Waals surface area contributed by atoms with E-state index in [1.54, 1.807) is 0 Å². The quantitative estimate of drug-likeness (QED) is 0.529. The van der Waals surface area contributed by atoms with Crippen molar-refractivity contribution in [1.82, 2.24) is 4.98 Å². The van der Waals surface area contributed by atoms with Crippen molar-refractivity contribution in [1.29, 1.82) is 0 Å². The number of aromatic nitrogens is 2. The fourth-order valence-corrected chi connectivity index (χ4v) is 1.47. The molecule has 1 aromatic rings. The smallest absolute Gasteiger partial charge is 0.247 e. The van der Waals surface area contributed by atoms with Gasteiger partial charge in [-0.2, -0.15) is 0 Å². The number of imidazole rings is 1. The molecule has 0 saturated heterocycles. The molecule has 0 unspecified atom stereocenters. The summed E-state index contributed by atoms with van der Waals surface area (Å²) in [4.78, 5) is 3.26. The van der Waals surface area contributed by atoms with E-state index in [0.29, 0.717) is 0 Å². The van der Waals surface area contributed by atoms with Crippen molar-refractivity contribution < 1.29 is 4.57 Å². The Morgan fingerprint density at radius 2 is 2.21 bits per heavy atom. The Kier molecular flexibility index (Phi) is 5.05. The van der Waals surface area contributed by atoms with Crippen LogP contribution in [-0.4, -0.2) is 4.98 Å². The molecule has 1 heterocycles. The van der Waals surface area contributed by atoms with Gasteiger partial charge in [-0.25, -0.2) is 9.55 Å². The molecule has 0 aliphatic carbocycles. The van der Waals surface area contributed by atoms with Crippen LogP contribution in [0.15, 0.2) is 18.5 Å². The third kappa shape index (κ3) is 3.36. The van der Waals surface area contributed by atoms with Gasteiger partial charge < -0.3 is 0 Å². The summed E-state index contributed by atoms with van der Waals surface area (Å²) >= 11 is 0. The molecule has 0 saturated carbocycles. The highest BCUT2D eigenvalue weighted by molar-refractivity contribution is 5.06. The molecule has 0 fully saturated rings. The number of H-pyrrole nitrogens is 1. The number of hydrogen-bond donors (Lipinski definition) is 1. The van der Waals surface area contributed by atoms with E-state index in [0.717, 1.165) is 6.42 Å². The summed E-state index contributed by atoms with van der Waals surface area (Å²) < 4.78 is 2.18. The summed E-state index contributed by atoms with van der Waals surface area (Å²) in [5, 5.41) is 0. The second kappa shape index (κ2) is 6.41. The second-order valence-corrected chi connectivity index (χ2v) is 3.59. The average Bonchev–Trinajstić information content (AvgIpc) is 2.61. The largest absolute Gasteiger partial charge is 0.258 e. The van der Waals surface area contributed by atoms with Gasteiger partial charge >= 0.3 is 0 Å². The van der Waals surface area contributed by atoms with E-state index in [-0.39, 0.29) is 0 Å². The number of rotatable bonds is 6. The van der Waals surface area contributed by atoms with Gasteiger partial charge in [0, 0.05) is 6.42 Å². The van der Waals surface area contributed by atoms with Crippen LogP contribution in [0.4, 0.5) is 0 Å².